The monoisotopic (exact) mass is 474 g/mol. The Labute approximate surface area is 194 Å². The number of pyridine rings is 1. The summed E-state index contributed by atoms with van der Waals surface area (Å²) in [6.45, 7) is 1.66. The van der Waals surface area contributed by atoms with Gasteiger partial charge in [0.15, 0.2) is 17.5 Å². The molecule has 0 aliphatic carbocycles. The summed E-state index contributed by atoms with van der Waals surface area (Å²) in [5.74, 6) is -0.935. The van der Waals surface area contributed by atoms with Gasteiger partial charge in [0.25, 0.3) is 0 Å². The largest absolute Gasteiger partial charge is 0.481 e. The first-order valence-corrected chi connectivity index (χ1v) is 11.2. The molecule has 1 aliphatic heterocycles. The fourth-order valence-corrected chi connectivity index (χ4v) is 4.19. The summed E-state index contributed by atoms with van der Waals surface area (Å²) in [6.07, 6.45) is 6.65. The number of aliphatic carboxylic acids is 1. The second kappa shape index (κ2) is 10.1. The highest BCUT2D eigenvalue weighted by molar-refractivity contribution is 6.31. The molecule has 1 aliphatic rings. The zero-order valence-corrected chi connectivity index (χ0v) is 18.6. The number of aromatic nitrogens is 4. The van der Waals surface area contributed by atoms with Crippen LogP contribution in [0.15, 0.2) is 24.7 Å². The van der Waals surface area contributed by atoms with Crippen LogP contribution in [0.3, 0.4) is 0 Å². The van der Waals surface area contributed by atoms with Gasteiger partial charge in [-0.2, -0.15) is 0 Å². The Kier molecular flexibility index (Phi) is 7.02. The standard InChI is InChI=1S/C22H24ClFN6O3/c23-14-7-15-16(10-27-20(15)26-9-14)21-28-11-17(24)22(29-21)25-8-13-3-2-6-30(12-13)18(31)4-1-5-19(32)33/h7,9-11,13H,1-6,8,12H2,(H,26,27)(H,32,33)(H,25,28,29)/t13-/m1/s1. The molecular formula is C22H24ClFN6O3. The molecule has 4 heterocycles. The second-order valence-electron chi connectivity index (χ2n) is 8.12. The van der Waals surface area contributed by atoms with Crippen LogP contribution in [-0.2, 0) is 9.59 Å². The molecule has 0 radical (unpaired) electrons. The molecule has 4 rings (SSSR count). The van der Waals surface area contributed by atoms with Crippen molar-refractivity contribution in [3.8, 4) is 11.4 Å². The molecule has 0 aromatic carbocycles. The molecule has 1 atom stereocenters. The third kappa shape index (κ3) is 5.57. The number of carbonyl (C=O) groups is 2. The van der Waals surface area contributed by atoms with Gasteiger partial charge in [-0.05, 0) is 31.2 Å². The molecule has 0 spiro atoms. The third-order valence-electron chi connectivity index (χ3n) is 5.69. The average molecular weight is 475 g/mol. The molecule has 0 saturated carbocycles. The van der Waals surface area contributed by atoms with E-state index in [1.54, 1.807) is 17.2 Å². The summed E-state index contributed by atoms with van der Waals surface area (Å²) in [5.41, 5.74) is 1.30. The number of carboxylic acids is 1. The third-order valence-corrected chi connectivity index (χ3v) is 5.90. The first kappa shape index (κ1) is 22.9. The zero-order chi connectivity index (χ0) is 23.4. The van der Waals surface area contributed by atoms with E-state index in [1.165, 1.54) is 6.20 Å². The minimum Gasteiger partial charge on any atom is -0.481 e. The van der Waals surface area contributed by atoms with Crippen molar-refractivity contribution in [2.75, 3.05) is 25.0 Å². The van der Waals surface area contributed by atoms with Crippen LogP contribution >= 0.6 is 11.6 Å². The van der Waals surface area contributed by atoms with Gasteiger partial charge in [0, 0.05) is 55.8 Å². The number of likely N-dealkylation sites (tertiary alicyclic amines) is 1. The van der Waals surface area contributed by atoms with E-state index < -0.39 is 11.8 Å². The number of hydrogen-bond acceptors (Lipinski definition) is 6. The number of hydrogen-bond donors (Lipinski definition) is 3. The number of aromatic amines is 1. The lowest BCUT2D eigenvalue weighted by atomic mass is 9.97. The van der Waals surface area contributed by atoms with Crippen LogP contribution in [0.5, 0.6) is 0 Å². The lowest BCUT2D eigenvalue weighted by molar-refractivity contribution is -0.137. The zero-order valence-electron chi connectivity index (χ0n) is 17.9. The van der Waals surface area contributed by atoms with E-state index in [9.17, 15) is 14.0 Å². The topological polar surface area (TPSA) is 124 Å². The summed E-state index contributed by atoms with van der Waals surface area (Å²) in [7, 11) is 0. The summed E-state index contributed by atoms with van der Waals surface area (Å²) in [4.78, 5) is 40.5. The van der Waals surface area contributed by atoms with Crippen molar-refractivity contribution in [2.24, 2.45) is 5.92 Å². The maximum atomic E-state index is 14.4. The van der Waals surface area contributed by atoms with E-state index in [0.29, 0.717) is 48.1 Å². The molecule has 3 aromatic rings. The van der Waals surface area contributed by atoms with E-state index in [-0.39, 0.29) is 30.5 Å². The molecule has 0 bridgehead atoms. The molecule has 174 valence electrons. The molecule has 1 saturated heterocycles. The van der Waals surface area contributed by atoms with Gasteiger partial charge >= 0.3 is 5.97 Å². The van der Waals surface area contributed by atoms with E-state index in [2.05, 4.69) is 25.3 Å². The second-order valence-corrected chi connectivity index (χ2v) is 8.55. The van der Waals surface area contributed by atoms with Gasteiger partial charge in [-0.3, -0.25) is 9.59 Å². The van der Waals surface area contributed by atoms with E-state index in [0.717, 1.165) is 24.4 Å². The van der Waals surface area contributed by atoms with Crippen LogP contribution in [0.2, 0.25) is 5.02 Å². The summed E-state index contributed by atoms with van der Waals surface area (Å²) in [6, 6.07) is 1.75. The van der Waals surface area contributed by atoms with Crippen molar-refractivity contribution < 1.29 is 19.1 Å². The smallest absolute Gasteiger partial charge is 0.303 e. The minimum absolute atomic E-state index is 0.0153. The van der Waals surface area contributed by atoms with Crippen LogP contribution in [0.25, 0.3) is 22.4 Å². The number of amides is 1. The van der Waals surface area contributed by atoms with E-state index >= 15 is 0 Å². The van der Waals surface area contributed by atoms with Crippen molar-refractivity contribution in [1.82, 2.24) is 24.8 Å². The van der Waals surface area contributed by atoms with Crippen LogP contribution < -0.4 is 5.32 Å². The van der Waals surface area contributed by atoms with Crippen LogP contribution in [0.1, 0.15) is 32.1 Å². The van der Waals surface area contributed by atoms with Gasteiger partial charge in [-0.15, -0.1) is 0 Å². The first-order valence-electron chi connectivity index (χ1n) is 10.8. The molecule has 1 fully saturated rings. The number of rotatable bonds is 8. The molecule has 0 unspecified atom stereocenters. The normalized spacial score (nSPS) is 16.2. The van der Waals surface area contributed by atoms with Crippen LogP contribution in [0.4, 0.5) is 10.2 Å². The predicted molar refractivity (Wildman–Crippen MR) is 121 cm³/mol. The number of piperidine rings is 1. The quantitative estimate of drug-likeness (QED) is 0.454. The number of carbonyl (C=O) groups excluding carboxylic acids is 1. The SMILES string of the molecule is O=C(O)CCCC(=O)N1CCC[C@H](CNc2nc(-c3c[nH]c4ncc(Cl)cc34)ncc2F)C1. The Hall–Kier alpha value is -3.27. The van der Waals surface area contributed by atoms with Crippen LogP contribution in [-0.4, -0.2) is 61.5 Å². The van der Waals surface area contributed by atoms with Gasteiger partial charge < -0.3 is 20.3 Å². The fourth-order valence-electron chi connectivity index (χ4n) is 4.03. The van der Waals surface area contributed by atoms with Crippen molar-refractivity contribution in [1.29, 1.82) is 0 Å². The minimum atomic E-state index is -0.901. The first-order chi connectivity index (χ1) is 15.9. The Morgan fingerprint density at radius 2 is 2.15 bits per heavy atom. The number of nitrogens with zero attached hydrogens (tertiary/aromatic N) is 4. The molecular weight excluding hydrogens is 451 g/mol. The van der Waals surface area contributed by atoms with Gasteiger partial charge in [-0.25, -0.2) is 19.3 Å². The van der Waals surface area contributed by atoms with Crippen molar-refractivity contribution in [3.63, 3.8) is 0 Å². The number of carboxylic acid groups (broad SMARTS) is 1. The van der Waals surface area contributed by atoms with Crippen molar-refractivity contribution in [2.45, 2.75) is 32.1 Å². The number of halogens is 2. The summed E-state index contributed by atoms with van der Waals surface area (Å²) in [5, 5.41) is 13.0. The number of anilines is 1. The Morgan fingerprint density at radius 3 is 2.97 bits per heavy atom. The van der Waals surface area contributed by atoms with Crippen molar-refractivity contribution >= 4 is 40.3 Å². The highest BCUT2D eigenvalue weighted by atomic mass is 35.5. The van der Waals surface area contributed by atoms with Crippen LogP contribution in [0, 0.1) is 11.7 Å². The molecule has 11 heteroatoms. The molecule has 3 aromatic heterocycles. The lowest BCUT2D eigenvalue weighted by Crippen LogP contribution is -2.41. The Morgan fingerprint density at radius 1 is 1.30 bits per heavy atom. The van der Waals surface area contributed by atoms with Crippen molar-refractivity contribution in [3.05, 3.63) is 35.5 Å². The number of fused-ring (bicyclic) bond motifs is 1. The Balaban J connectivity index is 1.40. The highest BCUT2D eigenvalue weighted by Crippen LogP contribution is 2.28. The fraction of sp³-hybridized carbons (Fsp3) is 0.409. The Bertz CT molecular complexity index is 1170. The van der Waals surface area contributed by atoms with Gasteiger partial charge in [0.2, 0.25) is 5.91 Å². The number of H-pyrrole nitrogens is 1. The lowest BCUT2D eigenvalue weighted by Gasteiger charge is -2.33. The summed E-state index contributed by atoms with van der Waals surface area (Å²) >= 11 is 6.06. The number of nitrogens with one attached hydrogen (secondary N) is 2. The van der Waals surface area contributed by atoms with Gasteiger partial charge in [0.1, 0.15) is 5.65 Å². The maximum Gasteiger partial charge on any atom is 0.303 e. The maximum absolute atomic E-state index is 14.4. The highest BCUT2D eigenvalue weighted by Gasteiger charge is 2.24. The van der Waals surface area contributed by atoms with Gasteiger partial charge in [0.05, 0.1) is 11.2 Å². The molecule has 1 amide bonds. The van der Waals surface area contributed by atoms with E-state index in [4.69, 9.17) is 16.7 Å². The molecule has 3 N–H and O–H groups in total. The van der Waals surface area contributed by atoms with Gasteiger partial charge in [-0.1, -0.05) is 11.6 Å². The molecule has 9 nitrogen and oxygen atoms in total. The average Bonchev–Trinajstić information content (AvgIpc) is 3.21. The molecule has 33 heavy (non-hydrogen) atoms. The summed E-state index contributed by atoms with van der Waals surface area (Å²) < 4.78 is 14.4. The van der Waals surface area contributed by atoms with E-state index in [1.807, 2.05) is 0 Å². The predicted octanol–water partition coefficient (Wildman–Crippen LogP) is 3.72.